The Morgan fingerprint density at radius 2 is 2.03 bits per heavy atom. The van der Waals surface area contributed by atoms with Crippen LogP contribution >= 0.6 is 23.7 Å². The highest BCUT2D eigenvalue weighted by Crippen LogP contribution is 2.25. The SMILES string of the molecule is CCCN(C(=O)[C@H](CSC)NC(=O)[C@H](C)NC)[C@@H](CC)C(O)NC1SN=NC1C. The third-order valence-corrected chi connectivity index (χ3v) is 6.48. The number of aliphatic hydroxyl groups is 1. The van der Waals surface area contributed by atoms with Gasteiger partial charge in [0.25, 0.3) is 0 Å². The Morgan fingerprint density at radius 1 is 1.34 bits per heavy atom. The highest BCUT2D eigenvalue weighted by atomic mass is 32.2. The van der Waals surface area contributed by atoms with E-state index in [4.69, 9.17) is 0 Å². The van der Waals surface area contributed by atoms with E-state index in [0.717, 1.165) is 6.42 Å². The summed E-state index contributed by atoms with van der Waals surface area (Å²) in [5.74, 6) is 0.0728. The van der Waals surface area contributed by atoms with Crippen LogP contribution < -0.4 is 16.0 Å². The molecular weight excluding hydrogens is 412 g/mol. The number of hydrogen-bond acceptors (Lipinski definition) is 9. The Hall–Kier alpha value is -0.880. The Kier molecular flexibility index (Phi) is 12.1. The molecule has 0 fully saturated rings. The topological polar surface area (TPSA) is 118 Å². The second-order valence-electron chi connectivity index (χ2n) is 7.11. The van der Waals surface area contributed by atoms with Crippen LogP contribution in [-0.2, 0) is 9.59 Å². The highest BCUT2D eigenvalue weighted by Gasteiger charge is 2.35. The molecule has 4 N–H and O–H groups in total. The first-order valence-corrected chi connectivity index (χ1v) is 12.3. The summed E-state index contributed by atoms with van der Waals surface area (Å²) in [6.45, 7) is 8.11. The van der Waals surface area contributed by atoms with Gasteiger partial charge in [-0.3, -0.25) is 14.9 Å². The molecule has 168 valence electrons. The fourth-order valence-corrected chi connectivity index (χ4v) is 4.31. The summed E-state index contributed by atoms with van der Waals surface area (Å²) in [6, 6.07) is -1.51. The quantitative estimate of drug-likeness (QED) is 0.247. The van der Waals surface area contributed by atoms with E-state index in [1.54, 1.807) is 18.9 Å². The van der Waals surface area contributed by atoms with Gasteiger partial charge in [-0.2, -0.15) is 16.9 Å². The number of rotatable bonds is 13. The van der Waals surface area contributed by atoms with Crippen molar-refractivity contribution < 1.29 is 14.7 Å². The predicted molar refractivity (Wildman–Crippen MR) is 120 cm³/mol. The van der Waals surface area contributed by atoms with Crippen LogP contribution in [0.2, 0.25) is 0 Å². The second-order valence-corrected chi connectivity index (χ2v) is 8.90. The summed E-state index contributed by atoms with van der Waals surface area (Å²) in [5.41, 5.74) is 0. The van der Waals surface area contributed by atoms with Crippen LogP contribution in [0.5, 0.6) is 0 Å². The average molecular weight is 449 g/mol. The lowest BCUT2D eigenvalue weighted by Gasteiger charge is -2.37. The van der Waals surface area contributed by atoms with Gasteiger partial charge in [-0.1, -0.05) is 13.8 Å². The van der Waals surface area contributed by atoms with Gasteiger partial charge in [0, 0.05) is 24.2 Å². The van der Waals surface area contributed by atoms with Crippen LogP contribution in [0.25, 0.3) is 0 Å². The van der Waals surface area contributed by atoms with Gasteiger partial charge < -0.3 is 20.6 Å². The Morgan fingerprint density at radius 3 is 2.52 bits per heavy atom. The Balaban J connectivity index is 2.95. The zero-order chi connectivity index (χ0) is 22.0. The average Bonchev–Trinajstić information content (AvgIpc) is 3.10. The van der Waals surface area contributed by atoms with E-state index in [1.807, 2.05) is 27.0 Å². The van der Waals surface area contributed by atoms with Crippen molar-refractivity contribution in [1.29, 1.82) is 0 Å². The number of amides is 2. The van der Waals surface area contributed by atoms with Crippen molar-refractivity contribution in [2.24, 2.45) is 9.63 Å². The zero-order valence-corrected chi connectivity index (χ0v) is 19.8. The third-order valence-electron chi connectivity index (χ3n) is 4.87. The molecule has 3 unspecified atom stereocenters. The van der Waals surface area contributed by atoms with Gasteiger partial charge in [0.2, 0.25) is 11.8 Å². The van der Waals surface area contributed by atoms with Crippen molar-refractivity contribution >= 4 is 35.5 Å². The molecule has 0 bridgehead atoms. The summed E-state index contributed by atoms with van der Waals surface area (Å²) in [5, 5.41) is 23.7. The molecule has 2 amide bonds. The maximum Gasteiger partial charge on any atom is 0.246 e. The van der Waals surface area contributed by atoms with E-state index in [1.165, 1.54) is 23.7 Å². The molecule has 11 heteroatoms. The molecule has 29 heavy (non-hydrogen) atoms. The van der Waals surface area contributed by atoms with Crippen molar-refractivity contribution in [3.05, 3.63) is 0 Å². The Labute approximate surface area is 182 Å². The Bertz CT molecular complexity index is 554. The van der Waals surface area contributed by atoms with Crippen molar-refractivity contribution in [2.45, 2.75) is 76.3 Å². The molecule has 1 rings (SSSR count). The maximum absolute atomic E-state index is 13.4. The highest BCUT2D eigenvalue weighted by molar-refractivity contribution is 7.98. The van der Waals surface area contributed by atoms with Crippen LogP contribution in [0.3, 0.4) is 0 Å². The molecule has 0 saturated heterocycles. The number of nitrogens with zero attached hydrogens (tertiary/aromatic N) is 3. The van der Waals surface area contributed by atoms with Crippen LogP contribution in [0, 0.1) is 0 Å². The fourth-order valence-electron chi connectivity index (χ4n) is 3.01. The molecule has 0 radical (unpaired) electrons. The molecule has 0 aromatic rings. The van der Waals surface area contributed by atoms with Crippen LogP contribution in [0.15, 0.2) is 9.63 Å². The largest absolute Gasteiger partial charge is 0.376 e. The number of carbonyl (C=O) groups excluding carboxylic acids is 2. The first kappa shape index (κ1) is 26.2. The van der Waals surface area contributed by atoms with Crippen molar-refractivity contribution in [3.8, 4) is 0 Å². The number of thioether (sulfide) groups is 1. The normalized spacial score (nSPS) is 22.7. The first-order chi connectivity index (χ1) is 13.8. The molecule has 6 atom stereocenters. The molecule has 1 heterocycles. The fraction of sp³-hybridized carbons (Fsp3) is 0.889. The standard InChI is InChI=1S/C18H36N6O3S2/c1-7-9-24(14(8-2)16(26)21-17-12(4)22-23-29-17)18(27)13(10-28-6)20-15(25)11(3)19-5/h11-14,16-17,19,21,26H,7-10H2,1-6H3,(H,20,25)/t11-,12?,13-,14-,16?,17?/m0/s1. The van der Waals surface area contributed by atoms with E-state index < -0.39 is 24.4 Å². The molecule has 0 saturated carbocycles. The minimum Gasteiger partial charge on any atom is -0.376 e. The molecule has 0 aromatic carbocycles. The van der Waals surface area contributed by atoms with Gasteiger partial charge in [0.1, 0.15) is 17.6 Å². The van der Waals surface area contributed by atoms with Gasteiger partial charge in [-0.05, 0) is 40.0 Å². The maximum atomic E-state index is 13.4. The van der Waals surface area contributed by atoms with Crippen molar-refractivity contribution in [2.75, 3.05) is 25.6 Å². The van der Waals surface area contributed by atoms with E-state index in [0.29, 0.717) is 18.7 Å². The molecule has 9 nitrogen and oxygen atoms in total. The smallest absolute Gasteiger partial charge is 0.246 e. The van der Waals surface area contributed by atoms with E-state index >= 15 is 0 Å². The monoisotopic (exact) mass is 448 g/mol. The summed E-state index contributed by atoms with van der Waals surface area (Å²) >= 11 is 2.79. The van der Waals surface area contributed by atoms with Crippen LogP contribution in [-0.4, -0.2) is 83.2 Å². The number of nitrogens with one attached hydrogen (secondary N) is 3. The molecule has 0 aromatic heterocycles. The van der Waals surface area contributed by atoms with Crippen LogP contribution in [0.1, 0.15) is 40.5 Å². The minimum absolute atomic E-state index is 0.0472. The second kappa shape index (κ2) is 13.4. The minimum atomic E-state index is -0.916. The molecule has 0 spiro atoms. The lowest BCUT2D eigenvalue weighted by Crippen LogP contribution is -2.60. The van der Waals surface area contributed by atoms with Gasteiger partial charge in [0.05, 0.1) is 18.1 Å². The summed E-state index contributed by atoms with van der Waals surface area (Å²) < 4.78 is 3.94. The number of hydrogen-bond donors (Lipinski definition) is 4. The lowest BCUT2D eigenvalue weighted by atomic mass is 10.1. The predicted octanol–water partition coefficient (Wildman–Crippen LogP) is 1.20. The van der Waals surface area contributed by atoms with Crippen molar-refractivity contribution in [1.82, 2.24) is 20.9 Å². The summed E-state index contributed by atoms with van der Waals surface area (Å²) in [7, 11) is 1.70. The molecular formula is C18H36N6O3S2. The van der Waals surface area contributed by atoms with Gasteiger partial charge in [-0.25, -0.2) is 0 Å². The van der Waals surface area contributed by atoms with E-state index in [2.05, 4.69) is 25.6 Å². The number of carbonyl (C=O) groups is 2. The first-order valence-electron chi connectivity index (χ1n) is 10.1. The van der Waals surface area contributed by atoms with Gasteiger partial charge >= 0.3 is 0 Å². The van der Waals surface area contributed by atoms with E-state index in [9.17, 15) is 14.7 Å². The zero-order valence-electron chi connectivity index (χ0n) is 18.2. The van der Waals surface area contributed by atoms with E-state index in [-0.39, 0.29) is 23.2 Å². The van der Waals surface area contributed by atoms with Crippen molar-refractivity contribution in [3.63, 3.8) is 0 Å². The summed E-state index contributed by atoms with van der Waals surface area (Å²) in [6.07, 6.45) is 2.31. The molecule has 1 aliphatic rings. The van der Waals surface area contributed by atoms with Gasteiger partial charge in [0.15, 0.2) is 0 Å². The lowest BCUT2D eigenvalue weighted by molar-refractivity contribution is -0.141. The third kappa shape index (κ3) is 7.71. The van der Waals surface area contributed by atoms with Gasteiger partial charge in [-0.15, -0.1) is 4.52 Å². The molecule has 1 aliphatic heterocycles. The summed E-state index contributed by atoms with van der Waals surface area (Å²) in [4.78, 5) is 27.4. The number of aliphatic hydroxyl groups excluding tert-OH is 1. The van der Waals surface area contributed by atoms with Crippen LogP contribution in [0.4, 0.5) is 0 Å². The number of likely N-dealkylation sites (N-methyl/N-ethyl adjacent to an activating group) is 1. The molecule has 0 aliphatic carbocycles.